The summed E-state index contributed by atoms with van der Waals surface area (Å²) in [5.41, 5.74) is 2.00. The van der Waals surface area contributed by atoms with Gasteiger partial charge in [0.1, 0.15) is 6.04 Å². The van der Waals surface area contributed by atoms with Crippen LogP contribution in [0.25, 0.3) is 10.8 Å². The van der Waals surface area contributed by atoms with Gasteiger partial charge in [0.15, 0.2) is 0 Å². The van der Waals surface area contributed by atoms with Gasteiger partial charge in [-0.3, -0.25) is 14.7 Å². The fourth-order valence-corrected chi connectivity index (χ4v) is 4.63. The molecule has 0 bridgehead atoms. The van der Waals surface area contributed by atoms with Gasteiger partial charge in [-0.05, 0) is 53.4 Å². The van der Waals surface area contributed by atoms with Crippen molar-refractivity contribution in [3.63, 3.8) is 0 Å². The highest BCUT2D eigenvalue weighted by molar-refractivity contribution is 6.00. The number of aromatic nitrogens is 1. The van der Waals surface area contributed by atoms with Gasteiger partial charge in [-0.15, -0.1) is 0 Å². The Bertz CT molecular complexity index is 1080. The first-order chi connectivity index (χ1) is 14.7. The smallest absolute Gasteiger partial charge is 0.315 e. The maximum absolute atomic E-state index is 13.5. The van der Waals surface area contributed by atoms with Crippen molar-refractivity contribution < 1.29 is 9.59 Å². The van der Waals surface area contributed by atoms with Crippen LogP contribution in [-0.2, 0) is 17.9 Å². The highest BCUT2D eigenvalue weighted by atomic mass is 16.2. The molecule has 2 aliphatic heterocycles. The van der Waals surface area contributed by atoms with Gasteiger partial charge in [0.2, 0.25) is 5.91 Å². The predicted octanol–water partition coefficient (Wildman–Crippen LogP) is 3.32. The SMILES string of the molecule is O=C1C2NCCCC2N(Cc2cccc3ccccc23)C(=O)N1Cc1ccncc1. The highest BCUT2D eigenvalue weighted by Crippen LogP contribution is 2.29. The lowest BCUT2D eigenvalue weighted by atomic mass is 9.92. The maximum Gasteiger partial charge on any atom is 0.327 e. The number of nitrogens with zero attached hydrogens (tertiary/aromatic N) is 3. The predicted molar refractivity (Wildman–Crippen MR) is 114 cm³/mol. The molecule has 30 heavy (non-hydrogen) atoms. The molecule has 3 aromatic rings. The third-order valence-electron chi connectivity index (χ3n) is 6.15. The third kappa shape index (κ3) is 3.33. The van der Waals surface area contributed by atoms with E-state index in [0.717, 1.165) is 41.3 Å². The molecule has 6 heteroatoms. The van der Waals surface area contributed by atoms with Gasteiger partial charge in [-0.2, -0.15) is 0 Å². The topological polar surface area (TPSA) is 65.5 Å². The van der Waals surface area contributed by atoms with Crippen LogP contribution in [0.1, 0.15) is 24.0 Å². The molecule has 2 saturated heterocycles. The number of nitrogens with one attached hydrogen (secondary N) is 1. The van der Waals surface area contributed by atoms with Crippen molar-refractivity contribution in [3.05, 3.63) is 78.1 Å². The number of hydrogen-bond acceptors (Lipinski definition) is 4. The van der Waals surface area contributed by atoms with Crippen molar-refractivity contribution in [2.24, 2.45) is 0 Å². The van der Waals surface area contributed by atoms with E-state index in [4.69, 9.17) is 0 Å². The summed E-state index contributed by atoms with van der Waals surface area (Å²) in [7, 11) is 0. The molecule has 0 aliphatic carbocycles. The van der Waals surface area contributed by atoms with Crippen LogP contribution >= 0.6 is 0 Å². The summed E-state index contributed by atoms with van der Waals surface area (Å²) in [6.45, 7) is 1.55. The summed E-state index contributed by atoms with van der Waals surface area (Å²) in [6.07, 6.45) is 5.16. The van der Waals surface area contributed by atoms with E-state index in [1.165, 1.54) is 4.90 Å². The minimum absolute atomic E-state index is 0.119. The lowest BCUT2D eigenvalue weighted by Crippen LogP contribution is -2.68. The Hall–Kier alpha value is -3.25. The quantitative estimate of drug-likeness (QED) is 0.730. The number of carbonyl (C=O) groups is 2. The van der Waals surface area contributed by atoms with Gasteiger partial charge in [0, 0.05) is 18.9 Å². The summed E-state index contributed by atoms with van der Waals surface area (Å²) in [5.74, 6) is -0.129. The number of imide groups is 1. The van der Waals surface area contributed by atoms with Gasteiger partial charge < -0.3 is 10.2 Å². The molecule has 0 saturated carbocycles. The maximum atomic E-state index is 13.5. The van der Waals surface area contributed by atoms with E-state index in [-0.39, 0.29) is 30.6 Å². The standard InChI is InChI=1S/C24H24N4O2/c29-23-22-21(9-4-12-26-22)27(24(30)28(23)15-17-10-13-25-14-11-17)16-19-7-3-6-18-5-1-2-8-20(18)19/h1-3,5-8,10-11,13-14,21-22,26H,4,9,12,15-16H2. The molecule has 1 aromatic heterocycles. The summed E-state index contributed by atoms with van der Waals surface area (Å²) in [5, 5.41) is 5.66. The second-order valence-electron chi connectivity index (χ2n) is 7.97. The van der Waals surface area contributed by atoms with Crippen molar-refractivity contribution in [1.82, 2.24) is 20.1 Å². The van der Waals surface area contributed by atoms with Crippen molar-refractivity contribution in [3.8, 4) is 0 Å². The van der Waals surface area contributed by atoms with E-state index >= 15 is 0 Å². The normalized spacial score (nSPS) is 21.7. The average molecular weight is 400 g/mol. The highest BCUT2D eigenvalue weighted by Gasteiger charge is 2.47. The molecule has 2 unspecified atom stereocenters. The van der Waals surface area contributed by atoms with Crippen molar-refractivity contribution in [1.29, 1.82) is 0 Å². The van der Waals surface area contributed by atoms with Gasteiger partial charge in [0.25, 0.3) is 0 Å². The van der Waals surface area contributed by atoms with Crippen molar-refractivity contribution >= 4 is 22.7 Å². The molecule has 2 atom stereocenters. The van der Waals surface area contributed by atoms with E-state index in [9.17, 15) is 9.59 Å². The molecule has 0 radical (unpaired) electrons. The number of piperidine rings is 1. The van der Waals surface area contributed by atoms with E-state index in [0.29, 0.717) is 6.54 Å². The second-order valence-corrected chi connectivity index (χ2v) is 7.97. The van der Waals surface area contributed by atoms with Crippen molar-refractivity contribution in [2.75, 3.05) is 6.54 Å². The van der Waals surface area contributed by atoms with Crippen LogP contribution in [0, 0.1) is 0 Å². The Kier molecular flexibility index (Phi) is 4.93. The summed E-state index contributed by atoms with van der Waals surface area (Å²) in [4.78, 5) is 34.0. The van der Waals surface area contributed by atoms with Crippen molar-refractivity contribution in [2.45, 2.75) is 38.0 Å². The molecule has 2 aromatic carbocycles. The van der Waals surface area contributed by atoms with Crippen LogP contribution in [-0.4, -0.2) is 45.4 Å². The minimum atomic E-state index is -0.353. The van der Waals surface area contributed by atoms with Crippen LogP contribution in [0.15, 0.2) is 67.0 Å². The average Bonchev–Trinajstić information content (AvgIpc) is 2.80. The molecule has 0 spiro atoms. The lowest BCUT2D eigenvalue weighted by Gasteiger charge is -2.47. The van der Waals surface area contributed by atoms with Crippen LogP contribution in [0.4, 0.5) is 4.79 Å². The molecule has 3 heterocycles. The van der Waals surface area contributed by atoms with Gasteiger partial charge in [-0.1, -0.05) is 42.5 Å². The Balaban J connectivity index is 1.50. The van der Waals surface area contributed by atoms with E-state index in [1.54, 1.807) is 12.4 Å². The Morgan fingerprint density at radius 3 is 2.63 bits per heavy atom. The number of benzene rings is 2. The molecule has 3 amide bonds. The van der Waals surface area contributed by atoms with E-state index in [2.05, 4.69) is 34.6 Å². The Labute approximate surface area is 175 Å². The third-order valence-corrected chi connectivity index (χ3v) is 6.15. The number of rotatable bonds is 4. The minimum Gasteiger partial charge on any atom is -0.315 e. The summed E-state index contributed by atoms with van der Waals surface area (Å²) >= 11 is 0. The number of carbonyl (C=O) groups excluding carboxylic acids is 2. The number of amides is 3. The molecule has 2 aliphatic rings. The Morgan fingerprint density at radius 2 is 1.77 bits per heavy atom. The summed E-state index contributed by atoms with van der Waals surface area (Å²) in [6, 6.07) is 17.4. The number of hydrogen-bond donors (Lipinski definition) is 1. The van der Waals surface area contributed by atoms with Crippen LogP contribution < -0.4 is 5.32 Å². The molecule has 5 rings (SSSR count). The fourth-order valence-electron chi connectivity index (χ4n) is 4.63. The monoisotopic (exact) mass is 400 g/mol. The largest absolute Gasteiger partial charge is 0.327 e. The molecular weight excluding hydrogens is 376 g/mol. The fraction of sp³-hybridized carbons (Fsp3) is 0.292. The lowest BCUT2D eigenvalue weighted by molar-refractivity contribution is -0.137. The van der Waals surface area contributed by atoms with E-state index in [1.807, 2.05) is 35.2 Å². The van der Waals surface area contributed by atoms with E-state index < -0.39 is 0 Å². The first kappa shape index (κ1) is 18.8. The zero-order valence-corrected chi connectivity index (χ0v) is 16.7. The first-order valence-corrected chi connectivity index (χ1v) is 10.4. The second kappa shape index (κ2) is 7.88. The number of urea groups is 1. The Morgan fingerprint density at radius 1 is 0.967 bits per heavy atom. The molecule has 1 N–H and O–H groups in total. The molecular formula is C24H24N4O2. The van der Waals surface area contributed by atoms with Crippen LogP contribution in [0.3, 0.4) is 0 Å². The zero-order valence-electron chi connectivity index (χ0n) is 16.7. The number of fused-ring (bicyclic) bond motifs is 2. The molecule has 152 valence electrons. The van der Waals surface area contributed by atoms with Crippen LogP contribution in [0.2, 0.25) is 0 Å². The van der Waals surface area contributed by atoms with Gasteiger partial charge in [0.05, 0.1) is 12.6 Å². The molecule has 6 nitrogen and oxygen atoms in total. The van der Waals surface area contributed by atoms with Gasteiger partial charge in [-0.25, -0.2) is 4.79 Å². The molecule has 2 fully saturated rings. The summed E-state index contributed by atoms with van der Waals surface area (Å²) < 4.78 is 0. The zero-order chi connectivity index (χ0) is 20.5. The number of pyridine rings is 1. The van der Waals surface area contributed by atoms with Crippen LogP contribution in [0.5, 0.6) is 0 Å². The first-order valence-electron chi connectivity index (χ1n) is 10.4. The van der Waals surface area contributed by atoms with Gasteiger partial charge >= 0.3 is 6.03 Å².